The van der Waals surface area contributed by atoms with Crippen molar-refractivity contribution < 1.29 is 14.3 Å². The molecule has 2 heterocycles. The molecule has 0 spiro atoms. The third-order valence-corrected chi connectivity index (χ3v) is 6.42. The Morgan fingerprint density at radius 3 is 2.56 bits per heavy atom. The van der Waals surface area contributed by atoms with Crippen LogP contribution in [0.1, 0.15) is 36.2 Å². The fraction of sp³-hybridized carbons (Fsp3) is 0.276. The molecule has 7 heteroatoms. The van der Waals surface area contributed by atoms with E-state index in [-0.39, 0.29) is 30.3 Å². The molecule has 0 unspecified atom stereocenters. The Kier molecular flexibility index (Phi) is 6.98. The molecular formula is C29H29N3O4. The third-order valence-electron chi connectivity index (χ3n) is 6.42. The van der Waals surface area contributed by atoms with E-state index < -0.39 is 0 Å². The van der Waals surface area contributed by atoms with E-state index in [1.54, 1.807) is 4.57 Å². The van der Waals surface area contributed by atoms with Crippen LogP contribution in [-0.4, -0.2) is 28.7 Å². The number of para-hydroxylation sites is 2. The van der Waals surface area contributed by atoms with Crippen molar-refractivity contribution in [2.75, 3.05) is 13.2 Å². The summed E-state index contributed by atoms with van der Waals surface area (Å²) < 4.78 is 13.0. The van der Waals surface area contributed by atoms with Crippen molar-refractivity contribution in [1.82, 2.24) is 14.9 Å². The van der Waals surface area contributed by atoms with Crippen LogP contribution in [0, 0.1) is 0 Å². The average molecular weight is 484 g/mol. The Balaban J connectivity index is 1.28. The molecule has 1 N–H and O–H groups in total. The normalized spacial score (nSPS) is 13.4. The van der Waals surface area contributed by atoms with Crippen LogP contribution in [0.3, 0.4) is 0 Å². The molecule has 1 aliphatic heterocycles. The summed E-state index contributed by atoms with van der Waals surface area (Å²) in [4.78, 5) is 30.7. The van der Waals surface area contributed by atoms with Gasteiger partial charge in [0.2, 0.25) is 5.91 Å². The highest BCUT2D eigenvalue weighted by Crippen LogP contribution is 2.32. The lowest BCUT2D eigenvalue weighted by Crippen LogP contribution is -2.30. The summed E-state index contributed by atoms with van der Waals surface area (Å²) >= 11 is 0. The second-order valence-corrected chi connectivity index (χ2v) is 8.93. The van der Waals surface area contributed by atoms with E-state index >= 15 is 0 Å². The smallest absolute Gasteiger partial charge is 0.272 e. The van der Waals surface area contributed by atoms with Crippen LogP contribution in [0.25, 0.3) is 11.0 Å². The second-order valence-electron chi connectivity index (χ2n) is 8.93. The number of carbonyl (C=O) groups excluding carboxylic acids is 1. The van der Waals surface area contributed by atoms with Gasteiger partial charge in [-0.15, -0.1) is 0 Å². The fourth-order valence-electron chi connectivity index (χ4n) is 4.47. The van der Waals surface area contributed by atoms with Gasteiger partial charge < -0.3 is 19.4 Å². The number of hydrogen-bond donors (Lipinski definition) is 1. The summed E-state index contributed by atoms with van der Waals surface area (Å²) in [5.74, 6) is 1.27. The van der Waals surface area contributed by atoms with Gasteiger partial charge in [0.15, 0.2) is 11.5 Å². The van der Waals surface area contributed by atoms with E-state index in [4.69, 9.17) is 9.47 Å². The molecule has 36 heavy (non-hydrogen) atoms. The highest BCUT2D eigenvalue weighted by molar-refractivity contribution is 5.77. The van der Waals surface area contributed by atoms with Crippen LogP contribution in [0.4, 0.5) is 0 Å². The molecule has 0 fully saturated rings. The lowest BCUT2D eigenvalue weighted by Gasteiger charge is -2.21. The van der Waals surface area contributed by atoms with Gasteiger partial charge in [0.1, 0.15) is 18.9 Å². The molecule has 0 saturated carbocycles. The quantitative estimate of drug-likeness (QED) is 0.406. The van der Waals surface area contributed by atoms with E-state index in [0.717, 1.165) is 28.8 Å². The average Bonchev–Trinajstić information content (AvgIpc) is 2.91. The standard InChI is InChI=1S/C29H29N3O4/c1-20(22-11-13-26-27(19-22)36-18-17-35-26)30-28(33)14-12-24-29(34)32(16-15-21-7-3-2-4-8-21)25-10-6-5-9-23(25)31-24/h2-11,13,19-20H,12,14-18H2,1H3,(H,30,33)/t20-/m0/s1. The number of ether oxygens (including phenoxy) is 2. The van der Waals surface area contributed by atoms with Crippen molar-refractivity contribution in [3.05, 3.63) is 100.0 Å². The Morgan fingerprint density at radius 1 is 0.972 bits per heavy atom. The van der Waals surface area contributed by atoms with Gasteiger partial charge >= 0.3 is 0 Å². The van der Waals surface area contributed by atoms with Crippen molar-refractivity contribution in [3.63, 3.8) is 0 Å². The number of nitrogens with one attached hydrogen (secondary N) is 1. The van der Waals surface area contributed by atoms with Crippen LogP contribution in [-0.2, 0) is 24.2 Å². The van der Waals surface area contributed by atoms with Crippen molar-refractivity contribution in [3.8, 4) is 11.5 Å². The Labute approximate surface area is 209 Å². The van der Waals surface area contributed by atoms with Crippen LogP contribution in [0.2, 0.25) is 0 Å². The van der Waals surface area contributed by atoms with Crippen LogP contribution in [0.5, 0.6) is 11.5 Å². The molecule has 4 aromatic rings. The Bertz CT molecular complexity index is 1430. The van der Waals surface area contributed by atoms with Crippen molar-refractivity contribution in [2.45, 2.75) is 38.8 Å². The number of amides is 1. The molecule has 1 atom stereocenters. The number of aromatic nitrogens is 2. The number of rotatable bonds is 8. The summed E-state index contributed by atoms with van der Waals surface area (Å²) in [6.07, 6.45) is 1.19. The number of fused-ring (bicyclic) bond motifs is 2. The summed E-state index contributed by atoms with van der Waals surface area (Å²) in [7, 11) is 0. The van der Waals surface area contributed by atoms with Gasteiger partial charge in [0.25, 0.3) is 5.56 Å². The van der Waals surface area contributed by atoms with E-state index in [0.29, 0.717) is 31.2 Å². The zero-order chi connectivity index (χ0) is 24.9. The van der Waals surface area contributed by atoms with Crippen LogP contribution >= 0.6 is 0 Å². The van der Waals surface area contributed by atoms with E-state index in [1.165, 1.54) is 5.56 Å². The zero-order valence-corrected chi connectivity index (χ0v) is 20.3. The van der Waals surface area contributed by atoms with Crippen molar-refractivity contribution in [1.29, 1.82) is 0 Å². The molecule has 1 aromatic heterocycles. The molecule has 5 rings (SSSR count). The van der Waals surface area contributed by atoms with E-state index in [1.807, 2.05) is 67.6 Å². The lowest BCUT2D eigenvalue weighted by atomic mass is 10.1. The van der Waals surface area contributed by atoms with Gasteiger partial charge in [-0.3, -0.25) is 9.59 Å². The van der Waals surface area contributed by atoms with Crippen LogP contribution < -0.4 is 20.3 Å². The van der Waals surface area contributed by atoms with E-state index in [2.05, 4.69) is 22.4 Å². The second kappa shape index (κ2) is 10.6. The largest absolute Gasteiger partial charge is 0.486 e. The van der Waals surface area contributed by atoms with Gasteiger partial charge in [-0.25, -0.2) is 4.98 Å². The predicted molar refractivity (Wildman–Crippen MR) is 138 cm³/mol. The first-order chi connectivity index (χ1) is 17.6. The van der Waals surface area contributed by atoms with Gasteiger partial charge in [-0.1, -0.05) is 48.5 Å². The molecular weight excluding hydrogens is 454 g/mol. The molecule has 184 valence electrons. The molecule has 3 aromatic carbocycles. The predicted octanol–water partition coefficient (Wildman–Crippen LogP) is 4.22. The van der Waals surface area contributed by atoms with Gasteiger partial charge in [-0.2, -0.15) is 0 Å². The third kappa shape index (κ3) is 5.25. The van der Waals surface area contributed by atoms with Gasteiger partial charge in [-0.05, 0) is 48.7 Å². The summed E-state index contributed by atoms with van der Waals surface area (Å²) in [5, 5.41) is 3.02. The monoisotopic (exact) mass is 483 g/mol. The topological polar surface area (TPSA) is 82.5 Å². The molecule has 1 aliphatic rings. The number of carbonyl (C=O) groups is 1. The maximum atomic E-state index is 13.3. The lowest BCUT2D eigenvalue weighted by molar-refractivity contribution is -0.121. The van der Waals surface area contributed by atoms with Crippen molar-refractivity contribution >= 4 is 16.9 Å². The Morgan fingerprint density at radius 2 is 1.72 bits per heavy atom. The number of nitrogens with zero attached hydrogens (tertiary/aromatic N) is 2. The summed E-state index contributed by atoms with van der Waals surface area (Å²) in [5.41, 5.74) is 3.92. The highest BCUT2D eigenvalue weighted by atomic mass is 16.6. The minimum atomic E-state index is -0.208. The minimum absolute atomic E-state index is 0.136. The highest BCUT2D eigenvalue weighted by Gasteiger charge is 2.17. The number of aryl methyl sites for hydroxylation is 3. The zero-order valence-electron chi connectivity index (χ0n) is 20.3. The molecule has 7 nitrogen and oxygen atoms in total. The first-order valence-corrected chi connectivity index (χ1v) is 12.3. The minimum Gasteiger partial charge on any atom is -0.486 e. The molecule has 0 bridgehead atoms. The first-order valence-electron chi connectivity index (χ1n) is 12.3. The first kappa shape index (κ1) is 23.6. The number of benzene rings is 3. The maximum Gasteiger partial charge on any atom is 0.272 e. The van der Waals surface area contributed by atoms with Crippen LogP contribution in [0.15, 0.2) is 77.6 Å². The number of hydrogen-bond acceptors (Lipinski definition) is 5. The summed E-state index contributed by atoms with van der Waals surface area (Å²) in [6, 6.07) is 23.2. The van der Waals surface area contributed by atoms with E-state index in [9.17, 15) is 9.59 Å². The van der Waals surface area contributed by atoms with Crippen molar-refractivity contribution in [2.24, 2.45) is 0 Å². The molecule has 0 saturated heterocycles. The Hall–Kier alpha value is -4.13. The maximum absolute atomic E-state index is 13.3. The van der Waals surface area contributed by atoms with Gasteiger partial charge in [0.05, 0.1) is 17.1 Å². The SMILES string of the molecule is C[C@H](NC(=O)CCc1nc2ccccc2n(CCc2ccccc2)c1=O)c1ccc2c(c1)OCCO2. The molecule has 0 aliphatic carbocycles. The summed E-state index contributed by atoms with van der Waals surface area (Å²) in [6.45, 7) is 3.52. The van der Waals surface area contributed by atoms with Gasteiger partial charge in [0, 0.05) is 19.4 Å². The fourth-order valence-corrected chi connectivity index (χ4v) is 4.47. The molecule has 0 radical (unpaired) electrons. The molecule has 1 amide bonds.